The maximum atomic E-state index is 11.8. The highest BCUT2D eigenvalue weighted by molar-refractivity contribution is 7.84. The van der Waals surface area contributed by atoms with Crippen molar-refractivity contribution < 1.29 is 4.21 Å². The minimum Gasteiger partial charge on any atom is -0.284 e. The SMILES string of the molecule is CS(=O)c1ccc(Cl)c(-c2cc(C3CC3)nc3nccn23)c1. The van der Waals surface area contributed by atoms with Crippen molar-refractivity contribution in [1.29, 1.82) is 0 Å². The number of rotatable bonds is 3. The van der Waals surface area contributed by atoms with Crippen molar-refractivity contribution in [2.24, 2.45) is 0 Å². The third kappa shape index (κ3) is 2.34. The molecular weight excluding hydrogens is 318 g/mol. The van der Waals surface area contributed by atoms with Crippen LogP contribution in [0.4, 0.5) is 0 Å². The number of imidazole rings is 1. The molecule has 2 aromatic heterocycles. The van der Waals surface area contributed by atoms with Gasteiger partial charge in [-0.05, 0) is 37.1 Å². The van der Waals surface area contributed by atoms with Gasteiger partial charge in [-0.15, -0.1) is 0 Å². The summed E-state index contributed by atoms with van der Waals surface area (Å²) in [6.45, 7) is 0. The molecule has 0 radical (unpaired) electrons. The first kappa shape index (κ1) is 13.9. The minimum atomic E-state index is -1.05. The molecule has 1 aromatic carbocycles. The molecule has 0 amide bonds. The van der Waals surface area contributed by atoms with E-state index in [4.69, 9.17) is 11.6 Å². The fourth-order valence-corrected chi connectivity index (χ4v) is 3.36. The zero-order valence-corrected chi connectivity index (χ0v) is 13.6. The first-order valence-corrected chi connectivity index (χ1v) is 9.04. The normalized spacial score (nSPS) is 16.1. The topological polar surface area (TPSA) is 47.3 Å². The van der Waals surface area contributed by atoms with Crippen LogP contribution in [0.25, 0.3) is 17.0 Å². The molecule has 112 valence electrons. The van der Waals surface area contributed by atoms with Crippen LogP contribution >= 0.6 is 11.6 Å². The van der Waals surface area contributed by atoms with E-state index < -0.39 is 10.8 Å². The van der Waals surface area contributed by atoms with Gasteiger partial charge in [0.1, 0.15) is 0 Å². The molecule has 1 fully saturated rings. The van der Waals surface area contributed by atoms with Crippen molar-refractivity contribution in [2.45, 2.75) is 23.7 Å². The summed E-state index contributed by atoms with van der Waals surface area (Å²) >= 11 is 6.40. The van der Waals surface area contributed by atoms with Crippen molar-refractivity contribution in [3.8, 4) is 11.3 Å². The Hall–Kier alpha value is -1.72. The number of aromatic nitrogens is 3. The van der Waals surface area contributed by atoms with E-state index in [-0.39, 0.29) is 0 Å². The average molecular weight is 332 g/mol. The van der Waals surface area contributed by atoms with Crippen LogP contribution in [0.5, 0.6) is 0 Å². The van der Waals surface area contributed by atoms with Crippen molar-refractivity contribution in [2.75, 3.05) is 6.26 Å². The third-order valence-electron chi connectivity index (χ3n) is 3.94. The Morgan fingerprint density at radius 2 is 2.14 bits per heavy atom. The van der Waals surface area contributed by atoms with E-state index in [9.17, 15) is 4.21 Å². The molecule has 4 nitrogen and oxygen atoms in total. The summed E-state index contributed by atoms with van der Waals surface area (Å²) in [7, 11) is -1.05. The first-order chi connectivity index (χ1) is 10.6. The van der Waals surface area contributed by atoms with E-state index >= 15 is 0 Å². The van der Waals surface area contributed by atoms with E-state index in [1.165, 1.54) is 12.8 Å². The molecule has 0 aliphatic heterocycles. The first-order valence-electron chi connectivity index (χ1n) is 7.11. The summed E-state index contributed by atoms with van der Waals surface area (Å²) in [5.74, 6) is 1.21. The van der Waals surface area contributed by atoms with Gasteiger partial charge in [-0.2, -0.15) is 0 Å². The number of nitrogens with zero attached hydrogens (tertiary/aromatic N) is 3. The standard InChI is InChI=1S/C16H14ClN3OS/c1-22(21)11-4-5-13(17)12(8-11)15-9-14(10-2-3-10)19-16-18-6-7-20(15)16/h4-10H,2-3H2,1H3. The van der Waals surface area contributed by atoms with E-state index in [2.05, 4.69) is 16.0 Å². The van der Waals surface area contributed by atoms with E-state index in [1.54, 1.807) is 24.6 Å². The number of hydrogen-bond acceptors (Lipinski definition) is 3. The molecule has 2 heterocycles. The third-order valence-corrected chi connectivity index (χ3v) is 5.18. The molecule has 6 heteroatoms. The van der Waals surface area contributed by atoms with Gasteiger partial charge >= 0.3 is 0 Å². The van der Waals surface area contributed by atoms with E-state index in [1.807, 2.05) is 16.7 Å². The van der Waals surface area contributed by atoms with Gasteiger partial charge < -0.3 is 0 Å². The van der Waals surface area contributed by atoms with Crippen LogP contribution in [0.15, 0.2) is 41.6 Å². The van der Waals surface area contributed by atoms with Crippen LogP contribution in [0.3, 0.4) is 0 Å². The second kappa shape index (κ2) is 5.18. The van der Waals surface area contributed by atoms with Gasteiger partial charge in [-0.1, -0.05) is 11.6 Å². The van der Waals surface area contributed by atoms with Gasteiger partial charge in [-0.25, -0.2) is 9.97 Å². The predicted molar refractivity (Wildman–Crippen MR) is 87.7 cm³/mol. The smallest absolute Gasteiger partial charge is 0.234 e. The molecule has 0 N–H and O–H groups in total. The molecule has 0 bridgehead atoms. The van der Waals surface area contributed by atoms with Gasteiger partial charge in [-0.3, -0.25) is 8.61 Å². The molecule has 4 rings (SSSR count). The van der Waals surface area contributed by atoms with Gasteiger partial charge in [0, 0.05) is 56.5 Å². The van der Waals surface area contributed by atoms with Crippen LogP contribution in [0.1, 0.15) is 24.5 Å². The molecule has 0 saturated heterocycles. The highest BCUT2D eigenvalue weighted by atomic mass is 35.5. The summed E-state index contributed by atoms with van der Waals surface area (Å²) < 4.78 is 13.7. The van der Waals surface area contributed by atoms with Crippen molar-refractivity contribution in [1.82, 2.24) is 14.4 Å². The highest BCUT2D eigenvalue weighted by Crippen LogP contribution is 2.41. The monoisotopic (exact) mass is 331 g/mol. The lowest BCUT2D eigenvalue weighted by molar-refractivity contribution is 0.687. The fourth-order valence-electron chi connectivity index (χ4n) is 2.60. The second-order valence-electron chi connectivity index (χ2n) is 5.53. The fraction of sp³-hybridized carbons (Fsp3) is 0.250. The molecule has 1 aliphatic rings. The van der Waals surface area contributed by atoms with E-state index in [0.717, 1.165) is 21.8 Å². The zero-order chi connectivity index (χ0) is 15.3. The number of fused-ring (bicyclic) bond motifs is 1. The summed E-state index contributed by atoms with van der Waals surface area (Å²) in [4.78, 5) is 9.69. The van der Waals surface area contributed by atoms with Gasteiger partial charge in [0.15, 0.2) is 0 Å². The Kier molecular flexibility index (Phi) is 3.27. The molecule has 1 atom stereocenters. The Morgan fingerprint density at radius 3 is 2.86 bits per heavy atom. The maximum absolute atomic E-state index is 11.8. The number of benzene rings is 1. The summed E-state index contributed by atoms with van der Waals surface area (Å²) in [5, 5.41) is 0.636. The quantitative estimate of drug-likeness (QED) is 0.735. The molecule has 0 spiro atoms. The second-order valence-corrected chi connectivity index (χ2v) is 7.32. The van der Waals surface area contributed by atoms with E-state index in [0.29, 0.717) is 16.7 Å². The molecule has 22 heavy (non-hydrogen) atoms. The van der Waals surface area contributed by atoms with Crippen molar-refractivity contribution in [3.05, 3.63) is 47.4 Å². The summed E-state index contributed by atoms with van der Waals surface area (Å²) in [6, 6.07) is 7.57. The van der Waals surface area contributed by atoms with Gasteiger partial charge in [0.2, 0.25) is 5.78 Å². The summed E-state index contributed by atoms with van der Waals surface area (Å²) in [6.07, 6.45) is 7.63. The Balaban J connectivity index is 1.98. The molecule has 1 aliphatic carbocycles. The van der Waals surface area contributed by atoms with Crippen molar-refractivity contribution >= 4 is 28.2 Å². The number of halogens is 1. The Labute approximate surface area is 135 Å². The number of hydrogen-bond donors (Lipinski definition) is 0. The zero-order valence-electron chi connectivity index (χ0n) is 12.0. The minimum absolute atomic E-state index is 0.530. The lowest BCUT2D eigenvalue weighted by atomic mass is 10.1. The van der Waals surface area contributed by atoms with Crippen molar-refractivity contribution in [3.63, 3.8) is 0 Å². The summed E-state index contributed by atoms with van der Waals surface area (Å²) in [5.41, 5.74) is 2.87. The van der Waals surface area contributed by atoms with Gasteiger partial charge in [0.25, 0.3) is 0 Å². The Bertz CT molecular complexity index is 902. The highest BCUT2D eigenvalue weighted by Gasteiger charge is 2.26. The van der Waals surface area contributed by atoms with Crippen LogP contribution in [-0.4, -0.2) is 24.8 Å². The predicted octanol–water partition coefficient (Wildman–Crippen LogP) is 3.66. The average Bonchev–Trinajstić information content (AvgIpc) is 3.24. The van der Waals surface area contributed by atoms with Crippen LogP contribution < -0.4 is 0 Å². The molecular formula is C16H14ClN3OS. The molecule has 1 unspecified atom stereocenters. The van der Waals surface area contributed by atoms with Crippen LogP contribution in [0.2, 0.25) is 5.02 Å². The van der Waals surface area contributed by atoms with Gasteiger partial charge in [0.05, 0.1) is 5.69 Å². The lowest BCUT2D eigenvalue weighted by Gasteiger charge is -2.11. The van der Waals surface area contributed by atoms with Crippen LogP contribution in [0, 0.1) is 0 Å². The molecule has 1 saturated carbocycles. The largest absolute Gasteiger partial charge is 0.284 e. The van der Waals surface area contributed by atoms with Crippen LogP contribution in [-0.2, 0) is 10.8 Å². The maximum Gasteiger partial charge on any atom is 0.234 e. The molecule has 3 aromatic rings. The lowest BCUT2D eigenvalue weighted by Crippen LogP contribution is -1.99. The Morgan fingerprint density at radius 1 is 1.32 bits per heavy atom.